The highest BCUT2D eigenvalue weighted by molar-refractivity contribution is 9.10. The van der Waals surface area contributed by atoms with Gasteiger partial charge in [-0.25, -0.2) is 8.78 Å². The van der Waals surface area contributed by atoms with Crippen molar-refractivity contribution in [2.24, 2.45) is 5.84 Å². The second-order valence-electron chi connectivity index (χ2n) is 4.31. The number of benzene rings is 2. The fourth-order valence-corrected chi connectivity index (χ4v) is 2.53. The van der Waals surface area contributed by atoms with E-state index in [0.29, 0.717) is 16.5 Å². The number of nitrogens with one attached hydrogen (secondary N) is 1. The molecule has 0 radical (unpaired) electrons. The fourth-order valence-electron chi connectivity index (χ4n) is 1.93. The van der Waals surface area contributed by atoms with E-state index in [1.54, 1.807) is 24.3 Å². The van der Waals surface area contributed by atoms with Crippen LogP contribution in [0.25, 0.3) is 0 Å². The van der Waals surface area contributed by atoms with E-state index in [1.807, 2.05) is 0 Å². The lowest BCUT2D eigenvalue weighted by Gasteiger charge is -2.18. The normalized spacial score (nSPS) is 12.4. The molecule has 106 valence electrons. The van der Waals surface area contributed by atoms with Crippen molar-refractivity contribution in [1.29, 1.82) is 0 Å². The van der Waals surface area contributed by atoms with Gasteiger partial charge >= 0.3 is 0 Å². The van der Waals surface area contributed by atoms with E-state index in [1.165, 1.54) is 12.1 Å². The van der Waals surface area contributed by atoms with Gasteiger partial charge in [0.1, 0.15) is 11.6 Å². The average Bonchev–Trinajstić information content (AvgIpc) is 2.44. The van der Waals surface area contributed by atoms with Crippen LogP contribution in [0.15, 0.2) is 40.9 Å². The minimum Gasteiger partial charge on any atom is -0.271 e. The number of hydrogen-bond acceptors (Lipinski definition) is 2. The maximum absolute atomic E-state index is 13.4. The molecule has 0 aromatic heterocycles. The van der Waals surface area contributed by atoms with Crippen LogP contribution >= 0.6 is 27.5 Å². The van der Waals surface area contributed by atoms with E-state index in [2.05, 4.69) is 21.4 Å². The summed E-state index contributed by atoms with van der Waals surface area (Å²) in [5.41, 5.74) is 4.05. The van der Waals surface area contributed by atoms with E-state index >= 15 is 0 Å². The van der Waals surface area contributed by atoms with Gasteiger partial charge in [-0.3, -0.25) is 11.3 Å². The molecule has 0 bridgehead atoms. The van der Waals surface area contributed by atoms with Gasteiger partial charge in [0.15, 0.2) is 0 Å². The molecule has 0 fully saturated rings. The topological polar surface area (TPSA) is 38.0 Å². The van der Waals surface area contributed by atoms with Crippen LogP contribution in [-0.4, -0.2) is 0 Å². The first kappa shape index (κ1) is 15.4. The van der Waals surface area contributed by atoms with E-state index in [4.69, 9.17) is 17.4 Å². The Morgan fingerprint density at radius 1 is 1.20 bits per heavy atom. The molecule has 3 N–H and O–H groups in total. The summed E-state index contributed by atoms with van der Waals surface area (Å²) in [6, 6.07) is 8.91. The molecule has 2 aromatic rings. The third-order valence-corrected chi connectivity index (χ3v) is 4.03. The lowest BCUT2D eigenvalue weighted by molar-refractivity contribution is 0.545. The highest BCUT2D eigenvalue weighted by Crippen LogP contribution is 2.27. The van der Waals surface area contributed by atoms with Gasteiger partial charge in [-0.15, -0.1) is 0 Å². The van der Waals surface area contributed by atoms with Crippen LogP contribution < -0.4 is 11.3 Å². The van der Waals surface area contributed by atoms with Crippen molar-refractivity contribution in [3.63, 3.8) is 0 Å². The summed E-state index contributed by atoms with van der Waals surface area (Å²) in [4.78, 5) is 0. The van der Waals surface area contributed by atoms with E-state index in [9.17, 15) is 8.78 Å². The number of hydrogen-bond donors (Lipinski definition) is 2. The van der Waals surface area contributed by atoms with Gasteiger partial charge in [-0.2, -0.15) is 0 Å². The molecule has 1 unspecified atom stereocenters. The Balaban J connectivity index is 2.28. The van der Waals surface area contributed by atoms with Crippen LogP contribution in [0.3, 0.4) is 0 Å². The van der Waals surface area contributed by atoms with Crippen LogP contribution in [0, 0.1) is 11.6 Å². The van der Waals surface area contributed by atoms with Crippen LogP contribution in [-0.2, 0) is 6.42 Å². The molecule has 0 saturated carbocycles. The molecule has 6 heteroatoms. The van der Waals surface area contributed by atoms with Crippen LogP contribution in [0.1, 0.15) is 17.2 Å². The van der Waals surface area contributed by atoms with Crippen molar-refractivity contribution in [3.8, 4) is 0 Å². The Hall–Kier alpha value is -1.01. The molecule has 20 heavy (non-hydrogen) atoms. The maximum atomic E-state index is 13.4. The first-order chi connectivity index (χ1) is 9.52. The van der Waals surface area contributed by atoms with Crippen LogP contribution in [0.4, 0.5) is 8.78 Å². The smallest absolute Gasteiger partial charge is 0.142 e. The van der Waals surface area contributed by atoms with Gasteiger partial charge in [-0.1, -0.05) is 29.8 Å². The van der Waals surface area contributed by atoms with Crippen molar-refractivity contribution in [3.05, 3.63) is 68.7 Å². The van der Waals surface area contributed by atoms with Gasteiger partial charge in [0, 0.05) is 0 Å². The largest absolute Gasteiger partial charge is 0.271 e. The van der Waals surface area contributed by atoms with Crippen molar-refractivity contribution in [1.82, 2.24) is 5.43 Å². The van der Waals surface area contributed by atoms with Crippen molar-refractivity contribution in [2.75, 3.05) is 0 Å². The van der Waals surface area contributed by atoms with Gasteiger partial charge in [0.25, 0.3) is 0 Å². The summed E-state index contributed by atoms with van der Waals surface area (Å²) in [5.74, 6) is 4.71. The van der Waals surface area contributed by atoms with Gasteiger partial charge in [0.05, 0.1) is 15.5 Å². The molecule has 2 nitrogen and oxygen atoms in total. The van der Waals surface area contributed by atoms with Gasteiger partial charge in [-0.05, 0) is 51.7 Å². The number of hydrazine groups is 1. The van der Waals surface area contributed by atoms with Crippen LogP contribution in [0.5, 0.6) is 0 Å². The third kappa shape index (κ3) is 3.35. The Labute approximate surface area is 129 Å². The average molecular weight is 362 g/mol. The lowest BCUT2D eigenvalue weighted by atomic mass is 9.99. The number of nitrogens with two attached hydrogens (primary N) is 1. The summed E-state index contributed by atoms with van der Waals surface area (Å²) in [6.45, 7) is 0. The third-order valence-electron chi connectivity index (χ3n) is 3.00. The molecular formula is C14H12BrClF2N2. The Morgan fingerprint density at radius 3 is 2.60 bits per heavy atom. The summed E-state index contributed by atoms with van der Waals surface area (Å²) in [7, 11) is 0. The first-order valence-corrected chi connectivity index (χ1v) is 7.04. The molecule has 2 aromatic carbocycles. The molecule has 0 aliphatic rings. The molecular weight excluding hydrogens is 350 g/mol. The Kier molecular flexibility index (Phi) is 5.10. The molecule has 0 amide bonds. The monoisotopic (exact) mass is 360 g/mol. The summed E-state index contributed by atoms with van der Waals surface area (Å²) >= 11 is 9.05. The highest BCUT2D eigenvalue weighted by Gasteiger charge is 2.15. The predicted octanol–water partition coefficient (Wildman–Crippen LogP) is 4.13. The second-order valence-corrected chi connectivity index (χ2v) is 5.54. The predicted molar refractivity (Wildman–Crippen MR) is 79.3 cm³/mol. The molecule has 0 heterocycles. The lowest BCUT2D eigenvalue weighted by Crippen LogP contribution is -2.29. The molecule has 2 rings (SSSR count). The quantitative estimate of drug-likeness (QED) is 0.635. The zero-order valence-corrected chi connectivity index (χ0v) is 12.7. The van der Waals surface area contributed by atoms with E-state index in [0.717, 1.165) is 5.56 Å². The highest BCUT2D eigenvalue weighted by atomic mass is 79.9. The minimum absolute atomic E-state index is 0.0777. The number of rotatable bonds is 4. The van der Waals surface area contributed by atoms with E-state index in [-0.39, 0.29) is 16.9 Å². The maximum Gasteiger partial charge on any atom is 0.142 e. The van der Waals surface area contributed by atoms with Gasteiger partial charge < -0.3 is 0 Å². The van der Waals surface area contributed by atoms with Crippen LogP contribution in [0.2, 0.25) is 5.02 Å². The summed E-state index contributed by atoms with van der Waals surface area (Å²) in [5, 5.41) is 0.0777. The molecule has 1 atom stereocenters. The van der Waals surface area contributed by atoms with Crippen molar-refractivity contribution in [2.45, 2.75) is 12.5 Å². The molecule has 0 aliphatic heterocycles. The fraction of sp³-hybridized carbons (Fsp3) is 0.143. The van der Waals surface area contributed by atoms with Crippen molar-refractivity contribution < 1.29 is 8.78 Å². The summed E-state index contributed by atoms with van der Waals surface area (Å²) < 4.78 is 27.0. The van der Waals surface area contributed by atoms with Gasteiger partial charge in [0.2, 0.25) is 0 Å². The second kappa shape index (κ2) is 6.63. The molecule has 0 spiro atoms. The van der Waals surface area contributed by atoms with Crippen molar-refractivity contribution >= 4 is 27.5 Å². The summed E-state index contributed by atoms with van der Waals surface area (Å²) in [6.07, 6.45) is 0.394. The van der Waals surface area contributed by atoms with E-state index < -0.39 is 5.82 Å². The zero-order valence-electron chi connectivity index (χ0n) is 10.3. The Bertz CT molecular complexity index is 622. The molecule has 0 aliphatic carbocycles. The minimum atomic E-state index is -0.472. The Morgan fingerprint density at radius 2 is 1.95 bits per heavy atom. The SMILES string of the molecule is NNC(Cc1cccc(F)c1Cl)c1ccc(F)c(Br)c1. The number of halogens is 4. The first-order valence-electron chi connectivity index (χ1n) is 5.87. The zero-order chi connectivity index (χ0) is 14.7. The molecule has 0 saturated heterocycles. The standard InChI is InChI=1S/C14H12BrClF2N2/c15-10-6-8(4-5-11(10)17)13(20-19)7-9-2-1-3-12(18)14(9)16/h1-6,13,20H,7,19H2.